The molecule has 152 valence electrons. The molecule has 0 fully saturated rings. The highest BCUT2D eigenvalue weighted by Gasteiger charge is 2.41. The summed E-state index contributed by atoms with van der Waals surface area (Å²) in [6.45, 7) is 2.59. The average Bonchev–Trinajstić information content (AvgIpc) is 3.21. The van der Waals surface area contributed by atoms with Crippen molar-refractivity contribution in [2.75, 3.05) is 6.61 Å². The van der Waals surface area contributed by atoms with Crippen LogP contribution >= 0.6 is 11.6 Å². The number of fused-ring (bicyclic) bond motifs is 3. The maximum Gasteiger partial charge on any atom is 0.213 e. The van der Waals surface area contributed by atoms with Crippen molar-refractivity contribution in [1.82, 2.24) is 5.01 Å². The minimum atomic E-state index is -0.440. The van der Waals surface area contributed by atoms with Gasteiger partial charge in [-0.15, -0.1) is 0 Å². The number of ether oxygens (including phenoxy) is 2. The fourth-order valence-corrected chi connectivity index (χ4v) is 4.17. The second-order valence-electron chi connectivity index (χ2n) is 7.31. The standard InChI is InChI=1S/C24H20ClFN2O2/c1-2-29-19-10-5-15(6-11-19)21-14-22-20-13-17(25)7-12-23(20)30-24(28(22)27-21)16-3-8-18(26)9-4-16/h3-13,22,24H,2,14H2,1H3/t22-,24+/m0/s1. The Bertz CT molecular complexity index is 1100. The van der Waals surface area contributed by atoms with Crippen LogP contribution in [0.4, 0.5) is 4.39 Å². The third-order valence-electron chi connectivity index (χ3n) is 5.41. The van der Waals surface area contributed by atoms with Crippen LogP contribution in [0.3, 0.4) is 0 Å². The molecule has 3 aromatic rings. The predicted octanol–water partition coefficient (Wildman–Crippen LogP) is 6.12. The molecule has 2 aliphatic rings. The van der Waals surface area contributed by atoms with Crippen LogP contribution in [-0.4, -0.2) is 17.3 Å². The molecule has 2 atom stereocenters. The second-order valence-corrected chi connectivity index (χ2v) is 7.74. The number of hydrazone groups is 1. The molecule has 3 aromatic carbocycles. The van der Waals surface area contributed by atoms with Gasteiger partial charge < -0.3 is 9.47 Å². The van der Waals surface area contributed by atoms with Crippen molar-refractivity contribution < 1.29 is 13.9 Å². The predicted molar refractivity (Wildman–Crippen MR) is 115 cm³/mol. The summed E-state index contributed by atoms with van der Waals surface area (Å²) in [4.78, 5) is 0. The third kappa shape index (κ3) is 3.39. The summed E-state index contributed by atoms with van der Waals surface area (Å²) < 4.78 is 25.3. The summed E-state index contributed by atoms with van der Waals surface area (Å²) in [6, 6.07) is 20.0. The van der Waals surface area contributed by atoms with E-state index < -0.39 is 6.23 Å². The Balaban J connectivity index is 1.54. The van der Waals surface area contributed by atoms with E-state index >= 15 is 0 Å². The Morgan fingerprint density at radius 2 is 1.87 bits per heavy atom. The zero-order valence-corrected chi connectivity index (χ0v) is 17.1. The first-order chi connectivity index (χ1) is 14.6. The highest BCUT2D eigenvalue weighted by atomic mass is 35.5. The Morgan fingerprint density at radius 1 is 1.10 bits per heavy atom. The number of hydrogen-bond acceptors (Lipinski definition) is 4. The number of nitrogens with zero attached hydrogens (tertiary/aromatic N) is 2. The van der Waals surface area contributed by atoms with Gasteiger partial charge in [0.1, 0.15) is 17.3 Å². The van der Waals surface area contributed by atoms with Gasteiger partial charge >= 0.3 is 0 Å². The topological polar surface area (TPSA) is 34.1 Å². The fourth-order valence-electron chi connectivity index (χ4n) is 3.99. The van der Waals surface area contributed by atoms with Gasteiger partial charge in [0.15, 0.2) is 0 Å². The van der Waals surface area contributed by atoms with Crippen LogP contribution in [0.2, 0.25) is 5.02 Å². The maximum atomic E-state index is 13.5. The van der Waals surface area contributed by atoms with E-state index in [1.807, 2.05) is 54.4 Å². The van der Waals surface area contributed by atoms with Gasteiger partial charge in [-0.2, -0.15) is 5.10 Å². The third-order valence-corrected chi connectivity index (χ3v) is 5.64. The van der Waals surface area contributed by atoms with E-state index in [1.165, 1.54) is 12.1 Å². The van der Waals surface area contributed by atoms with Crippen molar-refractivity contribution >= 4 is 17.3 Å². The molecule has 0 aliphatic carbocycles. The minimum absolute atomic E-state index is 0.0101. The number of hydrogen-bond donors (Lipinski definition) is 0. The largest absolute Gasteiger partial charge is 0.494 e. The summed E-state index contributed by atoms with van der Waals surface area (Å²) >= 11 is 6.27. The molecule has 4 nitrogen and oxygen atoms in total. The molecule has 0 amide bonds. The molecule has 2 heterocycles. The SMILES string of the molecule is CCOc1ccc(C2=NN3[C@@H](c4ccc(F)cc4)Oc4ccc(Cl)cc4[C@@H]3C2)cc1. The molecular formula is C24H20ClFN2O2. The summed E-state index contributed by atoms with van der Waals surface area (Å²) in [7, 11) is 0. The molecule has 0 saturated carbocycles. The van der Waals surface area contributed by atoms with Crippen LogP contribution in [0, 0.1) is 5.82 Å². The van der Waals surface area contributed by atoms with Crippen LogP contribution < -0.4 is 9.47 Å². The number of benzene rings is 3. The van der Waals surface area contributed by atoms with Crippen LogP contribution in [0.15, 0.2) is 71.8 Å². The van der Waals surface area contributed by atoms with E-state index in [2.05, 4.69) is 0 Å². The molecule has 0 bridgehead atoms. The van der Waals surface area contributed by atoms with Gasteiger partial charge in [-0.25, -0.2) is 9.40 Å². The van der Waals surface area contributed by atoms with Gasteiger partial charge in [0.2, 0.25) is 6.23 Å². The minimum Gasteiger partial charge on any atom is -0.494 e. The Hall–Kier alpha value is -3.05. The van der Waals surface area contributed by atoms with Gasteiger partial charge in [-0.3, -0.25) is 0 Å². The van der Waals surface area contributed by atoms with Crippen LogP contribution in [-0.2, 0) is 0 Å². The molecule has 2 aliphatic heterocycles. The van der Waals surface area contributed by atoms with Crippen molar-refractivity contribution in [1.29, 1.82) is 0 Å². The van der Waals surface area contributed by atoms with Gasteiger partial charge in [-0.05, 0) is 67.1 Å². The van der Waals surface area contributed by atoms with Gasteiger partial charge in [0.05, 0.1) is 18.4 Å². The molecule has 0 radical (unpaired) electrons. The first kappa shape index (κ1) is 18.9. The smallest absolute Gasteiger partial charge is 0.213 e. The quantitative estimate of drug-likeness (QED) is 0.508. The highest BCUT2D eigenvalue weighted by molar-refractivity contribution is 6.30. The molecule has 0 aromatic heterocycles. The average molecular weight is 423 g/mol. The summed E-state index contributed by atoms with van der Waals surface area (Å²) in [6.07, 6.45) is 0.284. The van der Waals surface area contributed by atoms with Gasteiger partial charge in [-0.1, -0.05) is 23.7 Å². The monoisotopic (exact) mass is 422 g/mol. The van der Waals surface area contributed by atoms with E-state index in [1.54, 1.807) is 12.1 Å². The van der Waals surface area contributed by atoms with Crippen LogP contribution in [0.25, 0.3) is 0 Å². The van der Waals surface area contributed by atoms with Crippen molar-refractivity contribution in [3.63, 3.8) is 0 Å². The number of halogens is 2. The summed E-state index contributed by atoms with van der Waals surface area (Å²) in [5, 5.41) is 7.53. The summed E-state index contributed by atoms with van der Waals surface area (Å²) in [5.74, 6) is 1.33. The normalized spacial score (nSPS) is 19.6. The first-order valence-corrected chi connectivity index (χ1v) is 10.3. The van der Waals surface area contributed by atoms with Gasteiger partial charge in [0, 0.05) is 22.6 Å². The Morgan fingerprint density at radius 3 is 2.60 bits per heavy atom. The number of rotatable bonds is 4. The molecule has 0 saturated heterocycles. The lowest BCUT2D eigenvalue weighted by Gasteiger charge is -2.38. The summed E-state index contributed by atoms with van der Waals surface area (Å²) in [5.41, 5.74) is 3.85. The fraction of sp³-hybridized carbons (Fsp3) is 0.208. The van der Waals surface area contributed by atoms with Crippen molar-refractivity contribution in [3.05, 3.63) is 94.3 Å². The van der Waals surface area contributed by atoms with Crippen molar-refractivity contribution in [2.24, 2.45) is 5.10 Å². The molecular weight excluding hydrogens is 403 g/mol. The zero-order chi connectivity index (χ0) is 20.7. The lowest BCUT2D eigenvalue weighted by molar-refractivity contribution is -0.0190. The zero-order valence-electron chi connectivity index (χ0n) is 16.4. The van der Waals surface area contributed by atoms with Crippen molar-refractivity contribution in [3.8, 4) is 11.5 Å². The molecule has 0 N–H and O–H groups in total. The van der Waals surface area contributed by atoms with Crippen LogP contribution in [0.1, 0.15) is 42.3 Å². The molecule has 6 heteroatoms. The van der Waals surface area contributed by atoms with E-state index in [9.17, 15) is 4.39 Å². The van der Waals surface area contributed by atoms with Crippen molar-refractivity contribution in [2.45, 2.75) is 25.6 Å². The lowest BCUT2D eigenvalue weighted by atomic mass is 9.96. The van der Waals surface area contributed by atoms with Gasteiger partial charge in [0.25, 0.3) is 0 Å². The lowest BCUT2D eigenvalue weighted by Crippen LogP contribution is -2.33. The Labute approximate surface area is 179 Å². The molecule has 5 rings (SSSR count). The molecule has 0 spiro atoms. The Kier molecular flexibility index (Phi) is 4.83. The van der Waals surface area contributed by atoms with E-state index in [4.69, 9.17) is 26.2 Å². The van der Waals surface area contributed by atoms with E-state index in [-0.39, 0.29) is 11.9 Å². The first-order valence-electron chi connectivity index (χ1n) is 9.93. The maximum absolute atomic E-state index is 13.5. The highest BCUT2D eigenvalue weighted by Crippen LogP contribution is 2.48. The second kappa shape index (κ2) is 7.65. The molecule has 30 heavy (non-hydrogen) atoms. The van der Waals surface area contributed by atoms with Crippen LogP contribution in [0.5, 0.6) is 11.5 Å². The van der Waals surface area contributed by atoms with E-state index in [0.29, 0.717) is 11.6 Å². The molecule has 0 unspecified atom stereocenters. The van der Waals surface area contributed by atoms with E-state index in [0.717, 1.165) is 40.3 Å².